The first-order valence-electron chi connectivity index (χ1n) is 7.75. The number of benzene rings is 1. The Bertz CT molecular complexity index is 882. The molecule has 126 valence electrons. The standard InChI is InChI=1S/C18H18N6O/c1-12(25)23-15-6-2-5-14(8-15)16-11-21-17(19)18(24-16)22-10-13-4-3-7-20-9-13/h2-9,11H,10H2,1H3,(H2,19,21)(H,22,24)(H,23,25). The largest absolute Gasteiger partial charge is 0.381 e. The van der Waals surface area contributed by atoms with Crippen molar-refractivity contribution >= 4 is 23.2 Å². The molecule has 0 spiro atoms. The van der Waals surface area contributed by atoms with Gasteiger partial charge in [0.15, 0.2) is 11.6 Å². The Hall–Kier alpha value is -3.48. The van der Waals surface area contributed by atoms with Crippen molar-refractivity contribution in [3.05, 3.63) is 60.6 Å². The predicted molar refractivity (Wildman–Crippen MR) is 97.7 cm³/mol. The average molecular weight is 334 g/mol. The molecule has 1 amide bonds. The Kier molecular flexibility index (Phi) is 4.84. The van der Waals surface area contributed by atoms with Crippen molar-refractivity contribution in [2.75, 3.05) is 16.4 Å². The average Bonchev–Trinajstić information content (AvgIpc) is 2.61. The summed E-state index contributed by atoms with van der Waals surface area (Å²) in [4.78, 5) is 24.0. The first-order chi connectivity index (χ1) is 12.1. The van der Waals surface area contributed by atoms with Gasteiger partial charge in [0.05, 0.1) is 11.9 Å². The number of anilines is 3. The molecule has 0 saturated heterocycles. The third kappa shape index (κ3) is 4.29. The van der Waals surface area contributed by atoms with Crippen molar-refractivity contribution in [2.45, 2.75) is 13.5 Å². The Labute approximate surface area is 145 Å². The van der Waals surface area contributed by atoms with Crippen LogP contribution in [0.5, 0.6) is 0 Å². The lowest BCUT2D eigenvalue weighted by molar-refractivity contribution is -0.114. The Morgan fingerprint density at radius 3 is 2.84 bits per heavy atom. The van der Waals surface area contributed by atoms with Gasteiger partial charge in [-0.05, 0) is 23.8 Å². The maximum atomic E-state index is 11.2. The fourth-order valence-electron chi connectivity index (χ4n) is 2.32. The highest BCUT2D eigenvalue weighted by Gasteiger charge is 2.08. The maximum absolute atomic E-state index is 11.2. The molecule has 0 aliphatic heterocycles. The number of hydrogen-bond acceptors (Lipinski definition) is 6. The van der Waals surface area contributed by atoms with Crippen LogP contribution >= 0.6 is 0 Å². The fourth-order valence-corrected chi connectivity index (χ4v) is 2.32. The number of carbonyl (C=O) groups excluding carboxylic acids is 1. The molecule has 4 N–H and O–H groups in total. The molecule has 3 rings (SSSR count). The molecule has 0 fully saturated rings. The molecule has 3 aromatic rings. The lowest BCUT2D eigenvalue weighted by Crippen LogP contribution is -2.07. The summed E-state index contributed by atoms with van der Waals surface area (Å²) in [5, 5.41) is 5.93. The molecule has 0 radical (unpaired) electrons. The third-order valence-electron chi connectivity index (χ3n) is 3.46. The van der Waals surface area contributed by atoms with Gasteiger partial charge >= 0.3 is 0 Å². The molecule has 25 heavy (non-hydrogen) atoms. The summed E-state index contributed by atoms with van der Waals surface area (Å²) in [6.07, 6.45) is 5.11. The summed E-state index contributed by atoms with van der Waals surface area (Å²) in [7, 11) is 0. The van der Waals surface area contributed by atoms with Gasteiger partial charge in [-0.15, -0.1) is 0 Å². The van der Waals surface area contributed by atoms with Crippen LogP contribution < -0.4 is 16.4 Å². The highest BCUT2D eigenvalue weighted by Crippen LogP contribution is 2.24. The number of hydrogen-bond donors (Lipinski definition) is 3. The predicted octanol–water partition coefficient (Wildman–Crippen LogP) is 2.69. The van der Waals surface area contributed by atoms with Crippen LogP contribution in [0.1, 0.15) is 12.5 Å². The van der Waals surface area contributed by atoms with Crippen molar-refractivity contribution in [1.29, 1.82) is 0 Å². The smallest absolute Gasteiger partial charge is 0.221 e. The van der Waals surface area contributed by atoms with Gasteiger partial charge in [-0.25, -0.2) is 9.97 Å². The van der Waals surface area contributed by atoms with E-state index in [1.54, 1.807) is 18.6 Å². The lowest BCUT2D eigenvalue weighted by atomic mass is 10.1. The summed E-state index contributed by atoms with van der Waals surface area (Å²) in [5.41, 5.74) is 9.13. The molecule has 0 aliphatic carbocycles. The van der Waals surface area contributed by atoms with E-state index in [-0.39, 0.29) is 5.91 Å². The molecule has 0 atom stereocenters. The molecule has 7 heteroatoms. The first-order valence-corrected chi connectivity index (χ1v) is 7.75. The van der Waals surface area contributed by atoms with Crippen LogP contribution in [0, 0.1) is 0 Å². The van der Waals surface area contributed by atoms with Crippen molar-refractivity contribution < 1.29 is 4.79 Å². The number of nitrogens with one attached hydrogen (secondary N) is 2. The quantitative estimate of drug-likeness (QED) is 0.662. The molecule has 7 nitrogen and oxygen atoms in total. The van der Waals surface area contributed by atoms with E-state index in [1.807, 2.05) is 36.4 Å². The van der Waals surface area contributed by atoms with E-state index in [0.29, 0.717) is 29.6 Å². The van der Waals surface area contributed by atoms with Crippen molar-refractivity contribution in [3.63, 3.8) is 0 Å². The minimum atomic E-state index is -0.126. The molecule has 0 aliphatic rings. The first kappa shape index (κ1) is 16.4. The maximum Gasteiger partial charge on any atom is 0.221 e. The molecule has 2 aromatic heterocycles. The van der Waals surface area contributed by atoms with Gasteiger partial charge < -0.3 is 16.4 Å². The second-order valence-corrected chi connectivity index (χ2v) is 5.47. The second kappa shape index (κ2) is 7.39. The molecule has 0 bridgehead atoms. The molecule has 0 unspecified atom stereocenters. The zero-order valence-corrected chi connectivity index (χ0v) is 13.7. The number of nitrogen functional groups attached to an aromatic ring is 1. The fraction of sp³-hybridized carbons (Fsp3) is 0.111. The van der Waals surface area contributed by atoms with E-state index < -0.39 is 0 Å². The van der Waals surface area contributed by atoms with E-state index in [0.717, 1.165) is 11.1 Å². The van der Waals surface area contributed by atoms with Gasteiger partial charge in [0, 0.05) is 37.1 Å². The number of nitrogens with zero attached hydrogens (tertiary/aromatic N) is 3. The van der Waals surface area contributed by atoms with Gasteiger partial charge in [-0.2, -0.15) is 0 Å². The zero-order valence-electron chi connectivity index (χ0n) is 13.7. The zero-order chi connectivity index (χ0) is 17.6. The lowest BCUT2D eigenvalue weighted by Gasteiger charge is -2.10. The highest BCUT2D eigenvalue weighted by molar-refractivity contribution is 5.89. The van der Waals surface area contributed by atoms with Crippen LogP contribution in [0.2, 0.25) is 0 Å². The van der Waals surface area contributed by atoms with E-state index in [9.17, 15) is 4.79 Å². The molecule has 2 heterocycles. The van der Waals surface area contributed by atoms with Gasteiger partial charge in [0.1, 0.15) is 0 Å². The van der Waals surface area contributed by atoms with Crippen LogP contribution in [0.3, 0.4) is 0 Å². The summed E-state index contributed by atoms with van der Waals surface area (Å²) < 4.78 is 0. The molecule has 0 saturated carbocycles. The van der Waals surface area contributed by atoms with Gasteiger partial charge in [-0.3, -0.25) is 9.78 Å². The van der Waals surface area contributed by atoms with E-state index in [1.165, 1.54) is 6.92 Å². The number of pyridine rings is 1. The van der Waals surface area contributed by atoms with Crippen LogP contribution in [-0.2, 0) is 11.3 Å². The Balaban J connectivity index is 1.82. The van der Waals surface area contributed by atoms with Crippen LogP contribution in [0.4, 0.5) is 17.3 Å². The number of rotatable bonds is 5. The van der Waals surface area contributed by atoms with Crippen molar-refractivity contribution in [1.82, 2.24) is 15.0 Å². The van der Waals surface area contributed by atoms with Crippen LogP contribution in [0.25, 0.3) is 11.3 Å². The number of aromatic nitrogens is 3. The number of carbonyl (C=O) groups is 1. The monoisotopic (exact) mass is 334 g/mol. The van der Waals surface area contributed by atoms with Crippen LogP contribution in [0.15, 0.2) is 55.0 Å². The van der Waals surface area contributed by atoms with Gasteiger partial charge in [0.25, 0.3) is 0 Å². The topological polar surface area (TPSA) is 106 Å². The minimum absolute atomic E-state index is 0.126. The van der Waals surface area contributed by atoms with E-state index >= 15 is 0 Å². The molecular formula is C18H18N6O. The Morgan fingerprint density at radius 1 is 1.20 bits per heavy atom. The number of amides is 1. The van der Waals surface area contributed by atoms with Crippen LogP contribution in [-0.4, -0.2) is 20.9 Å². The minimum Gasteiger partial charge on any atom is -0.381 e. The normalized spacial score (nSPS) is 10.3. The van der Waals surface area contributed by atoms with Crippen molar-refractivity contribution in [3.8, 4) is 11.3 Å². The third-order valence-corrected chi connectivity index (χ3v) is 3.46. The van der Waals surface area contributed by atoms with Crippen molar-refractivity contribution in [2.24, 2.45) is 0 Å². The highest BCUT2D eigenvalue weighted by atomic mass is 16.1. The van der Waals surface area contributed by atoms with Gasteiger partial charge in [0.2, 0.25) is 5.91 Å². The second-order valence-electron chi connectivity index (χ2n) is 5.47. The number of nitrogens with two attached hydrogens (primary N) is 1. The summed E-state index contributed by atoms with van der Waals surface area (Å²) >= 11 is 0. The van der Waals surface area contributed by atoms with Gasteiger partial charge in [-0.1, -0.05) is 18.2 Å². The molecular weight excluding hydrogens is 316 g/mol. The van der Waals surface area contributed by atoms with E-state index in [2.05, 4.69) is 25.6 Å². The SMILES string of the molecule is CC(=O)Nc1cccc(-c2cnc(N)c(NCc3cccnc3)n2)c1. The summed E-state index contributed by atoms with van der Waals surface area (Å²) in [6.45, 7) is 2.01. The Morgan fingerprint density at radius 2 is 2.08 bits per heavy atom. The van der Waals surface area contributed by atoms with E-state index in [4.69, 9.17) is 5.73 Å². The summed E-state index contributed by atoms with van der Waals surface area (Å²) in [6, 6.07) is 11.2. The molecule has 1 aromatic carbocycles. The summed E-state index contributed by atoms with van der Waals surface area (Å²) in [5.74, 6) is 0.705.